The summed E-state index contributed by atoms with van der Waals surface area (Å²) in [7, 11) is 0. The van der Waals surface area contributed by atoms with Crippen LogP contribution in [-0.4, -0.2) is 45.2 Å². The van der Waals surface area contributed by atoms with Gasteiger partial charge >= 0.3 is 29.6 Å². The van der Waals surface area contributed by atoms with E-state index >= 15 is 0 Å². The number of carbonyl (C=O) groups is 2. The molecule has 4 aliphatic rings. The Labute approximate surface area is 190 Å². The molecule has 7 atom stereocenters. The van der Waals surface area contributed by atoms with E-state index in [-0.39, 0.29) is 59.9 Å². The van der Waals surface area contributed by atoms with Gasteiger partial charge in [0.2, 0.25) is 0 Å². The van der Waals surface area contributed by atoms with E-state index in [1.165, 1.54) is 0 Å². The van der Waals surface area contributed by atoms with Gasteiger partial charge in [-0.3, -0.25) is 9.59 Å². The second-order valence-electron chi connectivity index (χ2n) is 9.61. The molecule has 3 N–H and O–H groups in total. The number of aliphatic hydroxyl groups is 3. The maximum absolute atomic E-state index is 12.4. The van der Waals surface area contributed by atoms with Gasteiger partial charge in [-0.15, -0.1) is 0 Å². The maximum atomic E-state index is 12.4. The Morgan fingerprint density at radius 2 is 1.96 bits per heavy atom. The van der Waals surface area contributed by atoms with E-state index in [2.05, 4.69) is 6.92 Å². The van der Waals surface area contributed by atoms with Crippen LogP contribution in [0.4, 0.5) is 0 Å². The zero-order valence-electron chi connectivity index (χ0n) is 18.4. The zero-order valence-corrected chi connectivity index (χ0v) is 19.4. The minimum Gasteiger partial charge on any atom is -1.00 e. The fourth-order valence-electron chi connectivity index (χ4n) is 7.27. The zero-order chi connectivity index (χ0) is 19.8. The predicted molar refractivity (Wildman–Crippen MR) is 101 cm³/mol. The van der Waals surface area contributed by atoms with Crippen LogP contribution in [0.15, 0.2) is 23.3 Å². The fourth-order valence-corrected chi connectivity index (χ4v) is 7.27. The van der Waals surface area contributed by atoms with Crippen LogP contribution in [0.5, 0.6) is 0 Å². The predicted octanol–water partition coefficient (Wildman–Crippen LogP) is -0.936. The summed E-state index contributed by atoms with van der Waals surface area (Å²) in [5.74, 6) is -0.225. The molecule has 0 heterocycles. The van der Waals surface area contributed by atoms with Crippen molar-refractivity contribution in [2.45, 2.75) is 64.6 Å². The van der Waals surface area contributed by atoms with Gasteiger partial charge in [0.15, 0.2) is 11.6 Å². The minimum atomic E-state index is -1.57. The largest absolute Gasteiger partial charge is 1.00 e. The van der Waals surface area contributed by atoms with Gasteiger partial charge in [0.25, 0.3) is 0 Å². The van der Waals surface area contributed by atoms with Gasteiger partial charge in [0.05, 0.1) is 6.10 Å². The molecule has 0 radical (unpaired) electrons. The Hall–Kier alpha value is -0.300. The number of hydrogen-bond donors (Lipinski definition) is 3. The molecule has 4 rings (SSSR count). The molecule has 0 saturated heterocycles. The minimum absolute atomic E-state index is 0. The van der Waals surface area contributed by atoms with Crippen molar-refractivity contribution < 1.29 is 55.9 Å². The number of rotatable bonds is 2. The van der Waals surface area contributed by atoms with Crippen LogP contribution in [0, 0.1) is 28.6 Å². The molecule has 150 valence electrons. The van der Waals surface area contributed by atoms with Crippen LogP contribution in [0.2, 0.25) is 0 Å². The normalized spacial score (nSPS) is 47.1. The maximum Gasteiger partial charge on any atom is 1.00 e. The Balaban J connectivity index is 0.00000150. The molecule has 0 aliphatic heterocycles. The molecule has 6 heteroatoms. The fraction of sp³-hybridized carbons (Fsp3) is 0.727. The second-order valence-corrected chi connectivity index (χ2v) is 9.61. The van der Waals surface area contributed by atoms with Crippen LogP contribution < -0.4 is 29.6 Å². The molecule has 0 aromatic rings. The van der Waals surface area contributed by atoms with Crippen molar-refractivity contribution in [1.29, 1.82) is 0 Å². The van der Waals surface area contributed by atoms with E-state index < -0.39 is 29.5 Å². The van der Waals surface area contributed by atoms with Gasteiger partial charge in [-0.2, -0.15) is 0 Å². The van der Waals surface area contributed by atoms with E-state index in [1.54, 1.807) is 12.2 Å². The summed E-state index contributed by atoms with van der Waals surface area (Å²) in [5, 5.41) is 31.9. The first kappa shape index (κ1) is 22.4. The topological polar surface area (TPSA) is 94.8 Å². The molecule has 2 unspecified atom stereocenters. The van der Waals surface area contributed by atoms with Crippen molar-refractivity contribution in [3.8, 4) is 0 Å². The van der Waals surface area contributed by atoms with E-state index in [1.807, 2.05) is 13.8 Å². The first-order chi connectivity index (χ1) is 12.6. The van der Waals surface area contributed by atoms with Gasteiger partial charge in [-0.25, -0.2) is 0 Å². The summed E-state index contributed by atoms with van der Waals surface area (Å²) < 4.78 is 0. The number of ketones is 2. The number of fused-ring (bicyclic) bond motifs is 5. The molecular formula is C22H31NaO5. The van der Waals surface area contributed by atoms with Gasteiger partial charge in [-0.05, 0) is 63.0 Å². The second kappa shape index (κ2) is 7.14. The van der Waals surface area contributed by atoms with Crippen LogP contribution >= 0.6 is 0 Å². The van der Waals surface area contributed by atoms with Crippen molar-refractivity contribution in [3.05, 3.63) is 23.3 Å². The summed E-state index contributed by atoms with van der Waals surface area (Å²) in [6.45, 7) is 5.37. The molecule has 3 saturated carbocycles. The van der Waals surface area contributed by atoms with Crippen LogP contribution in [0.3, 0.4) is 0 Å². The Bertz CT molecular complexity index is 779. The van der Waals surface area contributed by atoms with Gasteiger partial charge in [0.1, 0.15) is 12.2 Å². The van der Waals surface area contributed by atoms with E-state index in [4.69, 9.17) is 0 Å². The number of Topliss-reactive ketones (excluding diaryl/α,β-unsaturated/α-hetero) is 1. The summed E-state index contributed by atoms with van der Waals surface area (Å²) in [5.41, 5.74) is -0.534. The molecule has 0 spiro atoms. The van der Waals surface area contributed by atoms with Crippen LogP contribution in [0.25, 0.3) is 0 Å². The third-order valence-corrected chi connectivity index (χ3v) is 8.79. The molecule has 0 aromatic carbocycles. The number of hydrogen-bond acceptors (Lipinski definition) is 5. The van der Waals surface area contributed by atoms with Crippen LogP contribution in [-0.2, 0) is 9.59 Å². The third-order valence-electron chi connectivity index (χ3n) is 8.79. The quantitative estimate of drug-likeness (QED) is 0.522. The molecule has 0 amide bonds. The average molecular weight is 398 g/mol. The molecule has 0 bridgehead atoms. The smallest absolute Gasteiger partial charge is 1.00 e. The summed E-state index contributed by atoms with van der Waals surface area (Å²) in [4.78, 5) is 24.4. The third kappa shape index (κ3) is 2.67. The number of aliphatic hydroxyl groups excluding tert-OH is 2. The van der Waals surface area contributed by atoms with Crippen LogP contribution in [0.1, 0.15) is 54.3 Å². The Morgan fingerprint density at radius 1 is 1.29 bits per heavy atom. The Morgan fingerprint density at radius 3 is 2.61 bits per heavy atom. The van der Waals surface area contributed by atoms with E-state index in [0.717, 1.165) is 30.4 Å². The van der Waals surface area contributed by atoms with Gasteiger partial charge < -0.3 is 16.7 Å². The van der Waals surface area contributed by atoms with Crippen molar-refractivity contribution >= 4 is 11.6 Å². The molecule has 28 heavy (non-hydrogen) atoms. The molecule has 5 nitrogen and oxygen atoms in total. The summed E-state index contributed by atoms with van der Waals surface area (Å²) >= 11 is 0. The summed E-state index contributed by atoms with van der Waals surface area (Å²) in [6, 6.07) is 0. The summed E-state index contributed by atoms with van der Waals surface area (Å²) in [6.07, 6.45) is 5.83. The Kier molecular flexibility index (Phi) is 5.71. The first-order valence-electron chi connectivity index (χ1n) is 10.1. The van der Waals surface area contributed by atoms with Crippen molar-refractivity contribution in [2.24, 2.45) is 28.6 Å². The number of allylic oxidation sites excluding steroid dienone is 4. The average Bonchev–Trinajstić information content (AvgIpc) is 2.87. The van der Waals surface area contributed by atoms with Crippen molar-refractivity contribution in [2.75, 3.05) is 6.61 Å². The van der Waals surface area contributed by atoms with Crippen molar-refractivity contribution in [3.63, 3.8) is 0 Å². The van der Waals surface area contributed by atoms with Gasteiger partial charge in [-0.1, -0.05) is 25.0 Å². The molecule has 0 aromatic heterocycles. The van der Waals surface area contributed by atoms with E-state index in [9.17, 15) is 24.9 Å². The molecule has 3 fully saturated rings. The van der Waals surface area contributed by atoms with Crippen molar-refractivity contribution in [1.82, 2.24) is 0 Å². The first-order valence-corrected chi connectivity index (χ1v) is 10.1. The molecule has 4 aliphatic carbocycles. The SMILES string of the molecule is CC1=CC(=O)C=C2CC[C@@H]3C4CC[C@](O)(C(=O)CO)[C@@]4(C)CC(O)[C@H]3[C@@]12C.[H-].[Na+]. The van der Waals surface area contributed by atoms with Gasteiger partial charge in [0, 0.05) is 16.7 Å². The molecular weight excluding hydrogens is 367 g/mol. The monoisotopic (exact) mass is 398 g/mol. The van der Waals surface area contributed by atoms with E-state index in [0.29, 0.717) is 12.8 Å². The standard InChI is InChI=1S/C22H30O5.Na.H/c1-12-8-14(24)9-13-4-5-15-16-6-7-22(27,18(26)11-23)20(16,2)10-17(25)19(15)21(12,13)3;;/h8-9,15-17,19,23,25,27H,4-7,10-11H2,1-3H3;;/q;+1;-1/t15-,16?,17?,19+,20+,21+,22+;;/m1../s1. The number of carbonyl (C=O) groups excluding carboxylic acids is 2.